The lowest BCUT2D eigenvalue weighted by Gasteiger charge is -2.41. The molecule has 1 aliphatic heterocycles. The first-order valence-corrected chi connectivity index (χ1v) is 6.06. The smallest absolute Gasteiger partial charge is 0.309 e. The Kier molecular flexibility index (Phi) is 2.82. The molecule has 83 valence electrons. The van der Waals surface area contributed by atoms with Crippen molar-refractivity contribution < 1.29 is 9.53 Å². The molecule has 0 amide bonds. The zero-order chi connectivity index (χ0) is 11.2. The second-order valence-corrected chi connectivity index (χ2v) is 5.31. The number of carbonyl (C=O) groups is 1. The summed E-state index contributed by atoms with van der Waals surface area (Å²) in [5.41, 5.74) is 0. The SMILES string of the molecule is C[B]C1[C@@H]2[C@@H](C)OC(=O)[C@@H]2C[C@H](C)[C@H]1C. The lowest BCUT2D eigenvalue weighted by atomic mass is 9.48. The fourth-order valence-electron chi connectivity index (χ4n) is 3.54. The predicted molar refractivity (Wildman–Crippen MR) is 60.8 cm³/mol. The Hall–Kier alpha value is -0.465. The molecular formula is C12H20BO2. The highest BCUT2D eigenvalue weighted by atomic mass is 16.6. The molecule has 2 rings (SSSR count). The Morgan fingerprint density at radius 3 is 2.60 bits per heavy atom. The molecule has 0 spiro atoms. The maximum atomic E-state index is 11.7. The molecule has 1 saturated carbocycles. The quantitative estimate of drug-likeness (QED) is 0.487. The van der Waals surface area contributed by atoms with Gasteiger partial charge in [0.1, 0.15) is 13.4 Å². The van der Waals surface area contributed by atoms with Gasteiger partial charge in [-0.15, -0.1) is 0 Å². The number of cyclic esters (lactones) is 1. The van der Waals surface area contributed by atoms with Gasteiger partial charge in [0.05, 0.1) is 5.92 Å². The topological polar surface area (TPSA) is 26.3 Å². The molecule has 0 aromatic carbocycles. The Morgan fingerprint density at radius 1 is 1.33 bits per heavy atom. The van der Waals surface area contributed by atoms with Crippen molar-refractivity contribution in [3.05, 3.63) is 0 Å². The molecular weight excluding hydrogens is 187 g/mol. The van der Waals surface area contributed by atoms with Gasteiger partial charge in [-0.2, -0.15) is 0 Å². The van der Waals surface area contributed by atoms with Crippen LogP contribution >= 0.6 is 0 Å². The number of ether oxygens (including phenoxy) is 1. The standard InChI is InChI=1S/C12H20BO2/c1-6-5-9-10(8(3)15-12(9)14)11(13-4)7(6)2/h6-11H,5H2,1-4H3/t6-,7+,8+,9+,10+,11?/m0/s1. The Bertz CT molecular complexity index is 266. The van der Waals surface area contributed by atoms with Crippen molar-refractivity contribution in [1.29, 1.82) is 0 Å². The second kappa shape index (κ2) is 3.84. The van der Waals surface area contributed by atoms with Crippen molar-refractivity contribution in [3.8, 4) is 0 Å². The van der Waals surface area contributed by atoms with E-state index in [2.05, 4.69) is 28.0 Å². The number of rotatable bonds is 1. The number of hydrogen-bond acceptors (Lipinski definition) is 2. The summed E-state index contributed by atoms with van der Waals surface area (Å²) in [5.74, 6) is 2.47. The summed E-state index contributed by atoms with van der Waals surface area (Å²) in [6.45, 7) is 8.72. The minimum absolute atomic E-state index is 0.0399. The zero-order valence-corrected chi connectivity index (χ0v) is 10.1. The average Bonchev–Trinajstić information content (AvgIpc) is 2.45. The molecule has 1 heterocycles. The van der Waals surface area contributed by atoms with E-state index in [1.54, 1.807) is 0 Å². The monoisotopic (exact) mass is 207 g/mol. The highest BCUT2D eigenvalue weighted by Gasteiger charge is 2.51. The molecule has 2 fully saturated rings. The average molecular weight is 207 g/mol. The number of esters is 1. The van der Waals surface area contributed by atoms with Gasteiger partial charge in [0, 0.05) is 5.92 Å². The molecule has 0 N–H and O–H groups in total. The van der Waals surface area contributed by atoms with Crippen molar-refractivity contribution >= 4 is 13.2 Å². The zero-order valence-electron chi connectivity index (χ0n) is 10.1. The Morgan fingerprint density at radius 2 is 2.00 bits per heavy atom. The van der Waals surface area contributed by atoms with E-state index < -0.39 is 0 Å². The molecule has 1 radical (unpaired) electrons. The third kappa shape index (κ3) is 1.60. The van der Waals surface area contributed by atoms with Crippen LogP contribution in [-0.2, 0) is 9.53 Å². The molecule has 1 saturated heterocycles. The molecule has 3 heteroatoms. The van der Waals surface area contributed by atoms with Gasteiger partial charge in [-0.25, -0.2) is 0 Å². The number of hydrogen-bond donors (Lipinski definition) is 0. The van der Waals surface area contributed by atoms with Gasteiger partial charge >= 0.3 is 5.97 Å². The molecule has 6 atom stereocenters. The van der Waals surface area contributed by atoms with Crippen LogP contribution in [-0.4, -0.2) is 19.4 Å². The summed E-state index contributed by atoms with van der Waals surface area (Å²) >= 11 is 0. The first-order chi connectivity index (χ1) is 7.06. The van der Waals surface area contributed by atoms with Gasteiger partial charge in [-0.1, -0.05) is 26.5 Å². The lowest BCUT2D eigenvalue weighted by molar-refractivity contribution is -0.144. The Labute approximate surface area is 93.0 Å². The third-order valence-electron chi connectivity index (χ3n) is 4.57. The minimum Gasteiger partial charge on any atom is -0.462 e. The highest BCUT2D eigenvalue weighted by Crippen LogP contribution is 2.50. The maximum Gasteiger partial charge on any atom is 0.309 e. The summed E-state index contributed by atoms with van der Waals surface area (Å²) in [7, 11) is 2.27. The van der Waals surface area contributed by atoms with Crippen LogP contribution in [0.3, 0.4) is 0 Å². The van der Waals surface area contributed by atoms with Crippen LogP contribution in [0.15, 0.2) is 0 Å². The highest BCUT2D eigenvalue weighted by molar-refractivity contribution is 6.36. The normalized spacial score (nSPS) is 49.7. The van der Waals surface area contributed by atoms with Crippen molar-refractivity contribution in [2.24, 2.45) is 23.7 Å². The van der Waals surface area contributed by atoms with E-state index in [-0.39, 0.29) is 18.0 Å². The molecule has 0 bridgehead atoms. The fourth-order valence-corrected chi connectivity index (χ4v) is 3.54. The van der Waals surface area contributed by atoms with Crippen LogP contribution in [0.25, 0.3) is 0 Å². The van der Waals surface area contributed by atoms with Crippen molar-refractivity contribution in [1.82, 2.24) is 0 Å². The molecule has 15 heavy (non-hydrogen) atoms. The summed E-state index contributed by atoms with van der Waals surface area (Å²) in [6, 6.07) is 0. The van der Waals surface area contributed by atoms with Crippen LogP contribution in [0, 0.1) is 23.7 Å². The largest absolute Gasteiger partial charge is 0.462 e. The van der Waals surface area contributed by atoms with Gasteiger partial charge in [-0.05, 0) is 25.2 Å². The van der Waals surface area contributed by atoms with E-state index in [4.69, 9.17) is 4.74 Å². The summed E-state index contributed by atoms with van der Waals surface area (Å²) in [4.78, 5) is 11.7. The minimum atomic E-state index is 0.0399. The van der Waals surface area contributed by atoms with Gasteiger partial charge in [-0.3, -0.25) is 4.79 Å². The maximum absolute atomic E-state index is 11.7. The van der Waals surface area contributed by atoms with Crippen LogP contribution in [0.5, 0.6) is 0 Å². The third-order valence-corrected chi connectivity index (χ3v) is 4.57. The summed E-state index contributed by atoms with van der Waals surface area (Å²) in [6.07, 6.45) is 1.12. The van der Waals surface area contributed by atoms with Gasteiger partial charge in [0.15, 0.2) is 0 Å². The Balaban J connectivity index is 2.25. The molecule has 0 aromatic heterocycles. The molecule has 2 aliphatic rings. The molecule has 1 unspecified atom stereocenters. The molecule has 2 nitrogen and oxygen atoms in total. The molecule has 1 aliphatic carbocycles. The van der Waals surface area contributed by atoms with Gasteiger partial charge in [0.2, 0.25) is 0 Å². The van der Waals surface area contributed by atoms with E-state index in [1.165, 1.54) is 0 Å². The predicted octanol–water partition coefficient (Wildman–Crippen LogP) is 2.38. The van der Waals surface area contributed by atoms with Crippen LogP contribution in [0.4, 0.5) is 0 Å². The second-order valence-electron chi connectivity index (χ2n) is 5.31. The van der Waals surface area contributed by atoms with Crippen LogP contribution in [0.1, 0.15) is 27.2 Å². The van der Waals surface area contributed by atoms with Crippen LogP contribution < -0.4 is 0 Å². The summed E-state index contributed by atoms with van der Waals surface area (Å²) in [5, 5.41) is 0. The number of carbonyl (C=O) groups excluding carboxylic acids is 1. The first kappa shape index (κ1) is 11.0. The van der Waals surface area contributed by atoms with Gasteiger partial charge < -0.3 is 4.74 Å². The van der Waals surface area contributed by atoms with E-state index in [1.807, 2.05) is 6.92 Å². The van der Waals surface area contributed by atoms with Crippen molar-refractivity contribution in [2.45, 2.75) is 45.9 Å². The van der Waals surface area contributed by atoms with E-state index in [0.717, 1.165) is 6.42 Å². The number of fused-ring (bicyclic) bond motifs is 1. The molecule has 0 aromatic rings. The van der Waals surface area contributed by atoms with E-state index >= 15 is 0 Å². The van der Waals surface area contributed by atoms with E-state index in [0.29, 0.717) is 23.6 Å². The van der Waals surface area contributed by atoms with Crippen LogP contribution in [0.2, 0.25) is 12.6 Å². The van der Waals surface area contributed by atoms with Gasteiger partial charge in [0.25, 0.3) is 0 Å². The van der Waals surface area contributed by atoms with Crippen molar-refractivity contribution in [3.63, 3.8) is 0 Å². The summed E-state index contributed by atoms with van der Waals surface area (Å²) < 4.78 is 5.38. The fraction of sp³-hybridized carbons (Fsp3) is 0.917. The lowest BCUT2D eigenvalue weighted by Crippen LogP contribution is -2.38. The van der Waals surface area contributed by atoms with E-state index in [9.17, 15) is 4.79 Å². The van der Waals surface area contributed by atoms with Crippen molar-refractivity contribution in [2.75, 3.05) is 0 Å². The first-order valence-electron chi connectivity index (χ1n) is 6.06.